The van der Waals surface area contributed by atoms with E-state index in [0.717, 1.165) is 44.6 Å². The molecule has 35 heavy (non-hydrogen) atoms. The Morgan fingerprint density at radius 3 is 2.17 bits per heavy atom. The number of piperidine rings is 1. The fourth-order valence-corrected chi connectivity index (χ4v) is 4.88. The molecule has 0 radical (unpaired) electrons. The standard InChI is InChI=1S/C22H30N2O2S.C4H4O4/c1-3-21(25)24(19-8-5-4-6-9-19)22(18-26-2)12-15-23(16-13-22)14-11-20-10-7-17-27-20;5-3(6)1-2-4(7)8/h4-10,17H,3,11-16,18H2,1-2H3;1-2H,(H,5,6)(H,7,8)/b;2-1+. The number of thiophene rings is 1. The Labute approximate surface area is 210 Å². The second-order valence-corrected chi connectivity index (χ2v) is 9.29. The van der Waals surface area contributed by atoms with E-state index in [2.05, 4.69) is 22.4 Å². The monoisotopic (exact) mass is 502 g/mol. The fraction of sp³-hybridized carbons (Fsp3) is 0.423. The smallest absolute Gasteiger partial charge is 0.328 e. The summed E-state index contributed by atoms with van der Waals surface area (Å²) in [6.45, 7) is 5.59. The molecule has 2 heterocycles. The van der Waals surface area contributed by atoms with Crippen LogP contribution in [0.3, 0.4) is 0 Å². The van der Waals surface area contributed by atoms with Crippen molar-refractivity contribution in [3.8, 4) is 0 Å². The molecule has 9 heteroatoms. The molecule has 0 spiro atoms. The van der Waals surface area contributed by atoms with Crippen molar-refractivity contribution in [3.05, 3.63) is 64.9 Å². The number of amides is 1. The molecule has 2 N–H and O–H groups in total. The Kier molecular flexibility index (Phi) is 11.6. The van der Waals surface area contributed by atoms with Gasteiger partial charge in [0.2, 0.25) is 5.91 Å². The number of carboxylic acid groups (broad SMARTS) is 2. The third-order valence-corrected chi connectivity index (χ3v) is 6.80. The third kappa shape index (κ3) is 8.93. The summed E-state index contributed by atoms with van der Waals surface area (Å²) >= 11 is 1.83. The number of ether oxygens (including phenoxy) is 1. The van der Waals surface area contributed by atoms with Gasteiger partial charge in [-0.3, -0.25) is 4.79 Å². The van der Waals surface area contributed by atoms with Crippen molar-refractivity contribution in [1.82, 2.24) is 4.90 Å². The first-order valence-electron chi connectivity index (χ1n) is 11.6. The number of hydrogen-bond acceptors (Lipinski definition) is 6. The summed E-state index contributed by atoms with van der Waals surface area (Å²) in [5, 5.41) is 17.8. The van der Waals surface area contributed by atoms with Gasteiger partial charge in [0, 0.05) is 55.9 Å². The number of para-hydroxylation sites is 1. The Morgan fingerprint density at radius 1 is 1.06 bits per heavy atom. The first-order valence-corrected chi connectivity index (χ1v) is 12.4. The van der Waals surface area contributed by atoms with Crippen LogP contribution in [0.2, 0.25) is 0 Å². The maximum atomic E-state index is 12.9. The number of rotatable bonds is 10. The fourth-order valence-electron chi connectivity index (χ4n) is 4.18. The predicted octanol–water partition coefficient (Wildman–Crippen LogP) is 3.93. The number of carbonyl (C=O) groups is 3. The van der Waals surface area contributed by atoms with Crippen molar-refractivity contribution in [2.45, 2.75) is 38.1 Å². The quantitative estimate of drug-likeness (QED) is 0.474. The van der Waals surface area contributed by atoms with Gasteiger partial charge in [0.05, 0.1) is 12.1 Å². The number of carbonyl (C=O) groups excluding carboxylic acids is 1. The number of methoxy groups -OCH3 is 1. The Balaban J connectivity index is 0.000000466. The van der Waals surface area contributed by atoms with Crippen LogP contribution in [0.5, 0.6) is 0 Å². The number of aliphatic carboxylic acids is 2. The molecule has 1 amide bonds. The molecule has 1 fully saturated rings. The first kappa shape index (κ1) is 28.2. The lowest BCUT2D eigenvalue weighted by molar-refractivity contribution is -0.134. The van der Waals surface area contributed by atoms with Crippen LogP contribution in [0.25, 0.3) is 0 Å². The molecule has 0 unspecified atom stereocenters. The topological polar surface area (TPSA) is 107 Å². The average Bonchev–Trinajstić information content (AvgIpc) is 3.37. The van der Waals surface area contributed by atoms with E-state index in [1.54, 1.807) is 7.11 Å². The van der Waals surface area contributed by atoms with E-state index in [0.29, 0.717) is 25.2 Å². The minimum atomic E-state index is -1.26. The molecule has 8 nitrogen and oxygen atoms in total. The van der Waals surface area contributed by atoms with Crippen LogP contribution in [-0.4, -0.2) is 71.8 Å². The minimum Gasteiger partial charge on any atom is -0.478 e. The highest BCUT2D eigenvalue weighted by Gasteiger charge is 2.42. The molecule has 1 aliphatic heterocycles. The van der Waals surface area contributed by atoms with E-state index in [-0.39, 0.29) is 11.4 Å². The van der Waals surface area contributed by atoms with Crippen molar-refractivity contribution in [3.63, 3.8) is 0 Å². The van der Waals surface area contributed by atoms with Crippen molar-refractivity contribution in [2.75, 3.05) is 38.3 Å². The minimum absolute atomic E-state index is 0.172. The largest absolute Gasteiger partial charge is 0.478 e. The summed E-state index contributed by atoms with van der Waals surface area (Å²) in [5.74, 6) is -2.34. The number of hydrogen-bond donors (Lipinski definition) is 2. The summed E-state index contributed by atoms with van der Waals surface area (Å²) < 4.78 is 5.63. The van der Waals surface area contributed by atoms with Crippen LogP contribution in [0.4, 0.5) is 5.69 Å². The second kappa shape index (κ2) is 14.4. The van der Waals surface area contributed by atoms with Gasteiger partial charge in [-0.25, -0.2) is 9.59 Å². The highest BCUT2D eigenvalue weighted by atomic mass is 32.1. The molecular formula is C26H34N2O6S. The molecule has 0 bridgehead atoms. The normalized spacial score (nSPS) is 15.3. The maximum absolute atomic E-state index is 12.9. The van der Waals surface area contributed by atoms with Gasteiger partial charge in [-0.05, 0) is 42.8 Å². The summed E-state index contributed by atoms with van der Waals surface area (Å²) in [4.78, 5) is 38.0. The number of benzene rings is 1. The molecule has 2 aromatic rings. The molecule has 1 aromatic carbocycles. The zero-order valence-corrected chi connectivity index (χ0v) is 21.1. The lowest BCUT2D eigenvalue weighted by atomic mass is 9.85. The molecule has 1 aromatic heterocycles. The summed E-state index contributed by atoms with van der Waals surface area (Å²) in [6, 6.07) is 14.4. The zero-order valence-electron chi connectivity index (χ0n) is 20.3. The van der Waals surface area contributed by atoms with E-state index in [4.69, 9.17) is 14.9 Å². The molecule has 190 valence electrons. The lowest BCUT2D eigenvalue weighted by Gasteiger charge is -2.48. The molecular weight excluding hydrogens is 468 g/mol. The van der Waals surface area contributed by atoms with Gasteiger partial charge in [-0.2, -0.15) is 0 Å². The van der Waals surface area contributed by atoms with E-state index < -0.39 is 11.9 Å². The summed E-state index contributed by atoms with van der Waals surface area (Å²) in [6.07, 6.45) is 4.59. The van der Waals surface area contributed by atoms with Gasteiger partial charge in [0.15, 0.2) is 0 Å². The van der Waals surface area contributed by atoms with Crippen molar-refractivity contribution in [2.24, 2.45) is 0 Å². The van der Waals surface area contributed by atoms with Crippen LogP contribution < -0.4 is 4.90 Å². The van der Waals surface area contributed by atoms with Crippen molar-refractivity contribution < 1.29 is 29.3 Å². The Morgan fingerprint density at radius 2 is 1.69 bits per heavy atom. The summed E-state index contributed by atoms with van der Waals surface area (Å²) in [5.41, 5.74) is 0.719. The Hall–Kier alpha value is -3.01. The molecule has 0 atom stereocenters. The van der Waals surface area contributed by atoms with Gasteiger partial charge in [-0.1, -0.05) is 31.2 Å². The number of anilines is 1. The molecule has 1 aliphatic rings. The maximum Gasteiger partial charge on any atom is 0.328 e. The highest BCUT2D eigenvalue weighted by molar-refractivity contribution is 7.09. The average molecular weight is 503 g/mol. The van der Waals surface area contributed by atoms with Gasteiger partial charge in [-0.15, -0.1) is 11.3 Å². The van der Waals surface area contributed by atoms with E-state index in [1.807, 2.05) is 53.5 Å². The van der Waals surface area contributed by atoms with Crippen molar-refractivity contribution >= 4 is 34.9 Å². The van der Waals surface area contributed by atoms with E-state index in [9.17, 15) is 14.4 Å². The highest BCUT2D eigenvalue weighted by Crippen LogP contribution is 2.34. The zero-order chi connectivity index (χ0) is 25.7. The van der Waals surface area contributed by atoms with Crippen molar-refractivity contribution in [1.29, 1.82) is 0 Å². The van der Waals surface area contributed by atoms with Crippen LogP contribution in [-0.2, 0) is 25.5 Å². The van der Waals surface area contributed by atoms with E-state index >= 15 is 0 Å². The number of nitrogens with zero attached hydrogens (tertiary/aromatic N) is 2. The Bertz CT molecular complexity index is 937. The van der Waals surface area contributed by atoms with Gasteiger partial charge in [0.25, 0.3) is 0 Å². The summed E-state index contributed by atoms with van der Waals surface area (Å²) in [7, 11) is 1.74. The van der Waals surface area contributed by atoms with Gasteiger partial charge < -0.3 is 24.7 Å². The SMILES string of the molecule is CCC(=O)N(c1ccccc1)C1(COC)CCN(CCc2cccs2)CC1.O=C(O)/C=C/C(=O)O. The molecule has 0 aliphatic carbocycles. The number of carboxylic acids is 2. The predicted molar refractivity (Wildman–Crippen MR) is 137 cm³/mol. The van der Waals surface area contributed by atoms with Gasteiger partial charge in [0.1, 0.15) is 0 Å². The lowest BCUT2D eigenvalue weighted by Crippen LogP contribution is -2.60. The van der Waals surface area contributed by atoms with Crippen LogP contribution in [0.15, 0.2) is 60.0 Å². The molecule has 1 saturated heterocycles. The van der Waals surface area contributed by atoms with Crippen LogP contribution in [0, 0.1) is 0 Å². The second-order valence-electron chi connectivity index (χ2n) is 8.26. The van der Waals surface area contributed by atoms with Gasteiger partial charge >= 0.3 is 11.9 Å². The first-order chi connectivity index (χ1) is 16.8. The molecule has 3 rings (SSSR count). The van der Waals surface area contributed by atoms with E-state index in [1.165, 1.54) is 4.88 Å². The third-order valence-electron chi connectivity index (χ3n) is 5.86. The number of likely N-dealkylation sites (tertiary alicyclic amines) is 1. The van der Waals surface area contributed by atoms with Crippen LogP contribution in [0.1, 0.15) is 31.1 Å². The van der Waals surface area contributed by atoms with Crippen LogP contribution >= 0.6 is 11.3 Å². The molecule has 0 saturated carbocycles.